The molecule has 9 heteroatoms. The van der Waals surface area contributed by atoms with Crippen molar-refractivity contribution in [3.63, 3.8) is 0 Å². The highest BCUT2D eigenvalue weighted by Crippen LogP contribution is 2.33. The van der Waals surface area contributed by atoms with Crippen molar-refractivity contribution in [1.82, 2.24) is 24.8 Å². The predicted molar refractivity (Wildman–Crippen MR) is 138 cm³/mol. The maximum absolute atomic E-state index is 13.1. The number of aromatic nitrogens is 3. The molecule has 2 aliphatic rings. The van der Waals surface area contributed by atoms with Crippen LogP contribution in [0.3, 0.4) is 0 Å². The first-order chi connectivity index (χ1) is 17.1. The second kappa shape index (κ2) is 9.13. The van der Waals surface area contributed by atoms with E-state index in [9.17, 15) is 9.59 Å². The number of aryl methyl sites for hydroxylation is 2. The van der Waals surface area contributed by atoms with Crippen molar-refractivity contribution in [2.24, 2.45) is 0 Å². The number of nitrogens with zero attached hydrogens (tertiary/aromatic N) is 3. The maximum Gasteiger partial charge on any atom is 0.270 e. The summed E-state index contributed by atoms with van der Waals surface area (Å²) in [5, 5.41) is 1.80. The van der Waals surface area contributed by atoms with Crippen molar-refractivity contribution in [2.45, 2.75) is 39.2 Å². The van der Waals surface area contributed by atoms with E-state index in [1.165, 1.54) is 16.9 Å². The van der Waals surface area contributed by atoms with Gasteiger partial charge in [0.25, 0.3) is 11.5 Å². The van der Waals surface area contributed by atoms with Gasteiger partial charge in [-0.3, -0.25) is 14.5 Å². The molecule has 0 unspecified atom stereocenters. The number of nitrogens with one attached hydrogen (secondary N) is 2. The highest BCUT2D eigenvalue weighted by molar-refractivity contribution is 7.18. The van der Waals surface area contributed by atoms with Crippen LogP contribution in [0, 0.1) is 0 Å². The number of fused-ring (bicyclic) bond motifs is 4. The zero-order chi connectivity index (χ0) is 23.9. The molecule has 0 atom stereocenters. The highest BCUT2D eigenvalue weighted by Gasteiger charge is 2.25. The summed E-state index contributed by atoms with van der Waals surface area (Å²) in [5.74, 6) is 1.51. The van der Waals surface area contributed by atoms with Gasteiger partial charge in [-0.05, 0) is 56.4 Å². The SMILES string of the molecule is CCOc1ccc2cc(C(=O)N3CCN(Cc4nc5sc6c(c5c(=O)[nH]4)CCCC6)CC3)[nH]c2c1. The van der Waals surface area contributed by atoms with Gasteiger partial charge in [0, 0.05) is 48.0 Å². The van der Waals surface area contributed by atoms with Crippen molar-refractivity contribution >= 4 is 38.4 Å². The molecule has 1 aliphatic heterocycles. The standard InChI is InChI=1S/C26H29N5O3S/c1-2-34-17-8-7-16-13-20(27-19(16)14-17)26(33)31-11-9-30(10-12-31)15-22-28-24(32)23-18-5-3-4-6-21(18)35-25(23)29-22/h7-8,13-14,27H,2-6,9-12,15H2,1H3,(H,28,29,32). The van der Waals surface area contributed by atoms with Crippen LogP contribution in [0.4, 0.5) is 0 Å². The molecule has 1 aromatic carbocycles. The molecule has 8 nitrogen and oxygen atoms in total. The van der Waals surface area contributed by atoms with Gasteiger partial charge in [-0.25, -0.2) is 4.98 Å². The molecule has 0 spiro atoms. The van der Waals surface area contributed by atoms with Crippen molar-refractivity contribution in [3.8, 4) is 5.75 Å². The van der Waals surface area contributed by atoms with Crippen molar-refractivity contribution in [2.75, 3.05) is 32.8 Å². The molecule has 1 amide bonds. The van der Waals surface area contributed by atoms with E-state index in [2.05, 4.69) is 14.9 Å². The molecular weight excluding hydrogens is 462 g/mol. The number of piperazine rings is 1. The van der Waals surface area contributed by atoms with E-state index < -0.39 is 0 Å². The molecule has 3 aromatic heterocycles. The van der Waals surface area contributed by atoms with Gasteiger partial charge in [-0.2, -0.15) is 0 Å². The smallest absolute Gasteiger partial charge is 0.270 e. The van der Waals surface area contributed by atoms with Crippen LogP contribution in [-0.2, 0) is 19.4 Å². The van der Waals surface area contributed by atoms with Crippen LogP contribution < -0.4 is 10.3 Å². The molecule has 1 saturated heterocycles. The van der Waals surface area contributed by atoms with Crippen LogP contribution in [0.15, 0.2) is 29.1 Å². The number of thiophene rings is 1. The third kappa shape index (κ3) is 4.23. The Hall–Kier alpha value is -3.17. The number of aromatic amines is 2. The Balaban J connectivity index is 1.12. The lowest BCUT2D eigenvalue weighted by atomic mass is 9.97. The molecule has 2 N–H and O–H groups in total. The fraction of sp³-hybridized carbons (Fsp3) is 0.423. The highest BCUT2D eigenvalue weighted by atomic mass is 32.1. The molecule has 35 heavy (non-hydrogen) atoms. The Labute approximate surface area is 206 Å². The fourth-order valence-electron chi connectivity index (χ4n) is 5.25. The lowest BCUT2D eigenvalue weighted by molar-refractivity contribution is 0.0620. The lowest BCUT2D eigenvalue weighted by Crippen LogP contribution is -2.48. The Kier molecular flexibility index (Phi) is 5.82. The van der Waals surface area contributed by atoms with Crippen molar-refractivity contribution in [3.05, 3.63) is 56.6 Å². The normalized spacial score (nSPS) is 16.7. The molecule has 1 fully saturated rings. The van der Waals surface area contributed by atoms with Gasteiger partial charge < -0.3 is 19.6 Å². The summed E-state index contributed by atoms with van der Waals surface area (Å²) in [4.78, 5) is 43.4. The first-order valence-corrected chi connectivity index (χ1v) is 13.2. The first-order valence-electron chi connectivity index (χ1n) is 12.4. The van der Waals surface area contributed by atoms with Gasteiger partial charge in [-0.15, -0.1) is 11.3 Å². The van der Waals surface area contributed by atoms with Gasteiger partial charge in [0.05, 0.1) is 18.5 Å². The number of benzene rings is 1. The van der Waals surface area contributed by atoms with E-state index in [-0.39, 0.29) is 11.5 Å². The molecule has 4 aromatic rings. The lowest BCUT2D eigenvalue weighted by Gasteiger charge is -2.34. The third-order valence-corrected chi connectivity index (χ3v) is 8.23. The van der Waals surface area contributed by atoms with Crippen LogP contribution in [0.25, 0.3) is 21.1 Å². The van der Waals surface area contributed by atoms with Gasteiger partial charge in [-0.1, -0.05) is 0 Å². The summed E-state index contributed by atoms with van der Waals surface area (Å²) < 4.78 is 5.57. The number of hydrogen-bond acceptors (Lipinski definition) is 6. The first kappa shape index (κ1) is 22.3. The molecule has 0 saturated carbocycles. The van der Waals surface area contributed by atoms with Crippen LogP contribution in [0.1, 0.15) is 46.5 Å². The second-order valence-corrected chi connectivity index (χ2v) is 10.4. The van der Waals surface area contributed by atoms with E-state index in [1.54, 1.807) is 11.3 Å². The van der Waals surface area contributed by atoms with E-state index in [1.807, 2.05) is 36.1 Å². The van der Waals surface area contributed by atoms with E-state index >= 15 is 0 Å². The summed E-state index contributed by atoms with van der Waals surface area (Å²) in [6.07, 6.45) is 4.39. The van der Waals surface area contributed by atoms with Crippen molar-refractivity contribution in [1.29, 1.82) is 0 Å². The number of carbonyl (C=O) groups excluding carboxylic acids is 1. The number of hydrogen-bond donors (Lipinski definition) is 2. The van der Waals surface area contributed by atoms with Crippen LogP contribution in [0.5, 0.6) is 5.75 Å². The topological polar surface area (TPSA) is 94.3 Å². The number of carbonyl (C=O) groups is 1. The van der Waals surface area contributed by atoms with Crippen LogP contribution in [0.2, 0.25) is 0 Å². The zero-order valence-electron chi connectivity index (χ0n) is 19.9. The van der Waals surface area contributed by atoms with E-state index in [0.29, 0.717) is 37.8 Å². The van der Waals surface area contributed by atoms with E-state index in [0.717, 1.165) is 59.2 Å². The second-order valence-electron chi connectivity index (χ2n) is 9.34. The number of amides is 1. The third-order valence-electron chi connectivity index (χ3n) is 7.04. The van der Waals surface area contributed by atoms with Crippen LogP contribution in [-0.4, -0.2) is 63.4 Å². The Morgan fingerprint density at radius 3 is 2.77 bits per heavy atom. The largest absolute Gasteiger partial charge is 0.494 e. The summed E-state index contributed by atoms with van der Waals surface area (Å²) in [7, 11) is 0. The number of ether oxygens (including phenoxy) is 1. The molecule has 1 aliphatic carbocycles. The Morgan fingerprint density at radius 1 is 1.11 bits per heavy atom. The van der Waals surface area contributed by atoms with Gasteiger partial charge in [0.15, 0.2) is 0 Å². The predicted octanol–water partition coefficient (Wildman–Crippen LogP) is 3.70. The quantitative estimate of drug-likeness (QED) is 0.444. The van der Waals surface area contributed by atoms with Gasteiger partial charge in [0.1, 0.15) is 22.1 Å². The van der Waals surface area contributed by atoms with Gasteiger partial charge in [0.2, 0.25) is 0 Å². The zero-order valence-corrected chi connectivity index (χ0v) is 20.7. The molecule has 0 bridgehead atoms. The average Bonchev–Trinajstić information content (AvgIpc) is 3.45. The molecular formula is C26H29N5O3S. The molecule has 182 valence electrons. The summed E-state index contributed by atoms with van der Waals surface area (Å²) in [6, 6.07) is 7.74. The fourth-order valence-corrected chi connectivity index (χ4v) is 6.53. The number of rotatable bonds is 5. The summed E-state index contributed by atoms with van der Waals surface area (Å²) in [6.45, 7) is 5.90. The van der Waals surface area contributed by atoms with Crippen molar-refractivity contribution < 1.29 is 9.53 Å². The Bertz CT molecular complexity index is 1460. The molecule has 6 rings (SSSR count). The van der Waals surface area contributed by atoms with Crippen LogP contribution >= 0.6 is 11.3 Å². The minimum atomic E-state index is -0.00970. The molecule has 4 heterocycles. The molecule has 0 radical (unpaired) electrons. The summed E-state index contributed by atoms with van der Waals surface area (Å²) in [5.41, 5.74) is 2.71. The maximum atomic E-state index is 13.1. The monoisotopic (exact) mass is 491 g/mol. The van der Waals surface area contributed by atoms with E-state index in [4.69, 9.17) is 9.72 Å². The minimum Gasteiger partial charge on any atom is -0.494 e. The van der Waals surface area contributed by atoms with Gasteiger partial charge >= 0.3 is 0 Å². The Morgan fingerprint density at radius 2 is 1.94 bits per heavy atom. The minimum absolute atomic E-state index is 0.00970. The number of H-pyrrole nitrogens is 2. The summed E-state index contributed by atoms with van der Waals surface area (Å²) >= 11 is 1.68. The average molecular weight is 492 g/mol.